The van der Waals surface area contributed by atoms with Crippen LogP contribution in [0.1, 0.15) is 36.4 Å². The van der Waals surface area contributed by atoms with Crippen LogP contribution in [0.2, 0.25) is 0 Å². The van der Waals surface area contributed by atoms with Crippen molar-refractivity contribution in [1.29, 1.82) is 0 Å². The van der Waals surface area contributed by atoms with Crippen molar-refractivity contribution in [3.8, 4) is 5.75 Å². The summed E-state index contributed by atoms with van der Waals surface area (Å²) in [5, 5.41) is 0. The monoisotopic (exact) mass is 309 g/mol. The van der Waals surface area contributed by atoms with Crippen LogP contribution in [0, 0.1) is 6.92 Å². The van der Waals surface area contributed by atoms with Crippen LogP contribution >= 0.6 is 0 Å². The summed E-state index contributed by atoms with van der Waals surface area (Å²) >= 11 is 0. The lowest BCUT2D eigenvalue weighted by molar-refractivity contribution is -0.132. The summed E-state index contributed by atoms with van der Waals surface area (Å²) in [6, 6.07) is 18.4. The van der Waals surface area contributed by atoms with Crippen LogP contribution < -0.4 is 4.74 Å². The highest BCUT2D eigenvalue weighted by molar-refractivity contribution is 5.77. The number of carbonyl (C=O) groups is 1. The van der Waals surface area contributed by atoms with E-state index in [-0.39, 0.29) is 11.9 Å². The maximum absolute atomic E-state index is 12.5. The Hall–Kier alpha value is -2.29. The standard InChI is InChI=1S/C20H23NO2/c1-16-9-11-17(12-10-16)19-8-5-14-21(19)20(22)13-15-23-18-6-3-2-4-7-18/h2-4,6-7,9-12,19H,5,8,13-15H2,1H3. The maximum Gasteiger partial charge on any atom is 0.226 e. The fourth-order valence-corrected chi connectivity index (χ4v) is 3.12. The van der Waals surface area contributed by atoms with E-state index in [4.69, 9.17) is 4.74 Å². The lowest BCUT2D eigenvalue weighted by Gasteiger charge is -2.25. The normalized spacial score (nSPS) is 17.3. The highest BCUT2D eigenvalue weighted by Gasteiger charge is 2.29. The summed E-state index contributed by atoms with van der Waals surface area (Å²) in [5.74, 6) is 1.00. The van der Waals surface area contributed by atoms with Crippen LogP contribution in [0.4, 0.5) is 0 Å². The van der Waals surface area contributed by atoms with Crippen LogP contribution in [0.5, 0.6) is 5.75 Å². The van der Waals surface area contributed by atoms with Gasteiger partial charge in [-0.3, -0.25) is 4.79 Å². The SMILES string of the molecule is Cc1ccc(C2CCCN2C(=O)CCOc2ccccc2)cc1. The number of carbonyl (C=O) groups excluding carboxylic acids is 1. The largest absolute Gasteiger partial charge is 0.493 e. The first-order chi connectivity index (χ1) is 11.2. The molecule has 3 nitrogen and oxygen atoms in total. The minimum absolute atomic E-state index is 0.184. The first kappa shape index (κ1) is 15.6. The summed E-state index contributed by atoms with van der Waals surface area (Å²) in [6.45, 7) is 3.37. The molecule has 120 valence electrons. The first-order valence-electron chi connectivity index (χ1n) is 8.28. The Morgan fingerprint density at radius 3 is 2.61 bits per heavy atom. The third kappa shape index (κ3) is 3.92. The van der Waals surface area contributed by atoms with E-state index in [1.807, 2.05) is 35.2 Å². The number of rotatable bonds is 5. The molecule has 1 saturated heterocycles. The third-order valence-electron chi connectivity index (χ3n) is 4.36. The summed E-state index contributed by atoms with van der Waals surface area (Å²) in [5.41, 5.74) is 2.49. The van der Waals surface area contributed by atoms with Gasteiger partial charge in [0.1, 0.15) is 5.75 Å². The van der Waals surface area contributed by atoms with E-state index in [1.54, 1.807) is 0 Å². The van der Waals surface area contributed by atoms with Crippen LogP contribution in [-0.4, -0.2) is 24.0 Å². The molecule has 0 radical (unpaired) electrons. The van der Waals surface area contributed by atoms with Gasteiger partial charge in [0.2, 0.25) is 5.91 Å². The number of hydrogen-bond donors (Lipinski definition) is 0. The van der Waals surface area contributed by atoms with Crippen LogP contribution in [-0.2, 0) is 4.79 Å². The molecule has 1 amide bonds. The second-order valence-electron chi connectivity index (χ2n) is 6.07. The van der Waals surface area contributed by atoms with Crippen LogP contribution in [0.25, 0.3) is 0 Å². The number of nitrogens with zero attached hydrogens (tertiary/aromatic N) is 1. The van der Waals surface area contributed by atoms with Gasteiger partial charge in [-0.15, -0.1) is 0 Å². The molecule has 1 heterocycles. The van der Waals surface area contributed by atoms with E-state index in [0.29, 0.717) is 13.0 Å². The van der Waals surface area contributed by atoms with E-state index >= 15 is 0 Å². The van der Waals surface area contributed by atoms with Gasteiger partial charge in [-0.2, -0.15) is 0 Å². The summed E-state index contributed by atoms with van der Waals surface area (Å²) < 4.78 is 5.65. The molecule has 0 saturated carbocycles. The molecule has 0 aliphatic carbocycles. The lowest BCUT2D eigenvalue weighted by Crippen LogP contribution is -2.31. The molecule has 0 bridgehead atoms. The third-order valence-corrected chi connectivity index (χ3v) is 4.36. The van der Waals surface area contributed by atoms with Crippen LogP contribution in [0.3, 0.4) is 0 Å². The Kier molecular flexibility index (Phi) is 4.96. The van der Waals surface area contributed by atoms with Gasteiger partial charge in [-0.05, 0) is 37.5 Å². The van der Waals surface area contributed by atoms with E-state index in [2.05, 4.69) is 31.2 Å². The highest BCUT2D eigenvalue weighted by atomic mass is 16.5. The molecule has 23 heavy (non-hydrogen) atoms. The number of aryl methyl sites for hydroxylation is 1. The molecule has 0 aromatic heterocycles. The number of ether oxygens (including phenoxy) is 1. The summed E-state index contributed by atoms with van der Waals surface area (Å²) in [6.07, 6.45) is 2.55. The smallest absolute Gasteiger partial charge is 0.226 e. The van der Waals surface area contributed by atoms with Crippen LogP contribution in [0.15, 0.2) is 54.6 Å². The fraction of sp³-hybridized carbons (Fsp3) is 0.350. The van der Waals surface area contributed by atoms with Crippen molar-refractivity contribution in [2.24, 2.45) is 0 Å². The molecule has 3 heteroatoms. The van der Waals surface area contributed by atoms with Gasteiger partial charge in [0, 0.05) is 6.54 Å². The predicted octanol–water partition coefficient (Wildman–Crippen LogP) is 4.13. The summed E-state index contributed by atoms with van der Waals surface area (Å²) in [4.78, 5) is 14.5. The highest BCUT2D eigenvalue weighted by Crippen LogP contribution is 2.32. The zero-order valence-electron chi connectivity index (χ0n) is 13.6. The van der Waals surface area contributed by atoms with Gasteiger partial charge in [0.25, 0.3) is 0 Å². The van der Waals surface area contributed by atoms with Crippen molar-refractivity contribution in [3.05, 3.63) is 65.7 Å². The molecule has 1 aliphatic heterocycles. The number of para-hydroxylation sites is 1. The molecule has 0 N–H and O–H groups in total. The van der Waals surface area contributed by atoms with E-state index in [1.165, 1.54) is 11.1 Å². The predicted molar refractivity (Wildman–Crippen MR) is 91.4 cm³/mol. The molecule has 1 fully saturated rings. The van der Waals surface area contributed by atoms with Gasteiger partial charge in [0.15, 0.2) is 0 Å². The number of hydrogen-bond acceptors (Lipinski definition) is 2. The van der Waals surface area contributed by atoms with E-state index < -0.39 is 0 Å². The van der Waals surface area contributed by atoms with Crippen molar-refractivity contribution in [3.63, 3.8) is 0 Å². The minimum atomic E-state index is 0.184. The number of amides is 1. The van der Waals surface area contributed by atoms with E-state index in [0.717, 1.165) is 25.1 Å². The molecular weight excluding hydrogens is 286 g/mol. The molecule has 2 aromatic rings. The molecule has 1 unspecified atom stereocenters. The average molecular weight is 309 g/mol. The second kappa shape index (κ2) is 7.32. The van der Waals surface area contributed by atoms with Gasteiger partial charge in [-0.25, -0.2) is 0 Å². The van der Waals surface area contributed by atoms with Crippen molar-refractivity contribution in [1.82, 2.24) is 4.90 Å². The molecule has 1 atom stereocenters. The topological polar surface area (TPSA) is 29.5 Å². The second-order valence-corrected chi connectivity index (χ2v) is 6.07. The Labute approximate surface area is 137 Å². The van der Waals surface area contributed by atoms with Gasteiger partial charge in [0.05, 0.1) is 19.1 Å². The molecular formula is C20H23NO2. The van der Waals surface area contributed by atoms with Crippen molar-refractivity contribution < 1.29 is 9.53 Å². The van der Waals surface area contributed by atoms with Crippen molar-refractivity contribution in [2.45, 2.75) is 32.2 Å². The number of benzene rings is 2. The minimum Gasteiger partial charge on any atom is -0.493 e. The Balaban J connectivity index is 1.56. The lowest BCUT2D eigenvalue weighted by atomic mass is 10.0. The Morgan fingerprint density at radius 2 is 1.87 bits per heavy atom. The average Bonchev–Trinajstić information content (AvgIpc) is 3.06. The molecule has 0 spiro atoms. The Bertz CT molecular complexity index is 636. The maximum atomic E-state index is 12.5. The zero-order chi connectivity index (χ0) is 16.1. The van der Waals surface area contributed by atoms with Gasteiger partial charge < -0.3 is 9.64 Å². The summed E-state index contributed by atoms with van der Waals surface area (Å²) in [7, 11) is 0. The van der Waals surface area contributed by atoms with Crippen molar-refractivity contribution in [2.75, 3.05) is 13.2 Å². The van der Waals surface area contributed by atoms with Gasteiger partial charge >= 0.3 is 0 Å². The van der Waals surface area contributed by atoms with Crippen molar-refractivity contribution >= 4 is 5.91 Å². The first-order valence-corrected chi connectivity index (χ1v) is 8.28. The Morgan fingerprint density at radius 1 is 1.13 bits per heavy atom. The number of likely N-dealkylation sites (tertiary alicyclic amines) is 1. The molecule has 3 rings (SSSR count). The molecule has 2 aromatic carbocycles. The van der Waals surface area contributed by atoms with Gasteiger partial charge in [-0.1, -0.05) is 48.0 Å². The zero-order valence-corrected chi connectivity index (χ0v) is 13.6. The quantitative estimate of drug-likeness (QED) is 0.831. The van der Waals surface area contributed by atoms with E-state index in [9.17, 15) is 4.79 Å². The molecule has 1 aliphatic rings. The fourth-order valence-electron chi connectivity index (χ4n) is 3.12.